The zero-order valence-corrected chi connectivity index (χ0v) is 12.1. The molecule has 2 aromatic rings. The van der Waals surface area contributed by atoms with Crippen LogP contribution >= 0.6 is 15.9 Å². The third-order valence-corrected chi connectivity index (χ3v) is 3.03. The van der Waals surface area contributed by atoms with Gasteiger partial charge < -0.3 is 4.98 Å². The highest BCUT2D eigenvalue weighted by Gasteiger charge is 2.09. The summed E-state index contributed by atoms with van der Waals surface area (Å²) >= 11 is 3.23. The number of nitrogens with zero attached hydrogens (tertiary/aromatic N) is 1. The van der Waals surface area contributed by atoms with Gasteiger partial charge in [0, 0.05) is 29.5 Å². The maximum atomic E-state index is 11.6. The van der Waals surface area contributed by atoms with Gasteiger partial charge in [-0.25, -0.2) is 0 Å². The number of carbonyl (C=O) groups is 2. The normalized spacial score (nSPS) is 10.1. The fourth-order valence-corrected chi connectivity index (χ4v) is 1.90. The van der Waals surface area contributed by atoms with Crippen molar-refractivity contribution in [2.24, 2.45) is 0 Å². The largest absolute Gasteiger partial charge is 0.356 e. The predicted molar refractivity (Wildman–Crippen MR) is 76.7 cm³/mol. The third kappa shape index (κ3) is 4.20. The number of aryl methyl sites for hydroxylation is 1. The number of hydrazine groups is 1. The minimum absolute atomic E-state index is 0.257. The number of hydrogen-bond acceptors (Lipinski definition) is 3. The fourth-order valence-electron chi connectivity index (χ4n) is 1.56. The second kappa shape index (κ2) is 6.85. The molecule has 0 aliphatic heterocycles. The van der Waals surface area contributed by atoms with E-state index in [2.05, 4.69) is 36.7 Å². The summed E-state index contributed by atoms with van der Waals surface area (Å²) in [6.45, 7) is 0. The average Bonchev–Trinajstić information content (AvgIpc) is 2.90. The van der Waals surface area contributed by atoms with Crippen molar-refractivity contribution >= 4 is 27.7 Å². The lowest BCUT2D eigenvalue weighted by molar-refractivity contribution is -0.121. The van der Waals surface area contributed by atoms with E-state index in [1.807, 2.05) is 12.1 Å². The number of carbonyl (C=O) groups excluding carboxylic acids is 2. The van der Waals surface area contributed by atoms with Gasteiger partial charge in [0.2, 0.25) is 5.91 Å². The van der Waals surface area contributed by atoms with Crippen molar-refractivity contribution in [3.8, 4) is 0 Å². The lowest BCUT2D eigenvalue weighted by Crippen LogP contribution is -2.41. The topological polar surface area (TPSA) is 86.9 Å². The molecule has 20 heavy (non-hydrogen) atoms. The zero-order valence-electron chi connectivity index (χ0n) is 10.5. The number of hydrogen-bond donors (Lipinski definition) is 3. The minimum Gasteiger partial charge on any atom is -0.356 e. The van der Waals surface area contributed by atoms with E-state index < -0.39 is 5.91 Å². The van der Waals surface area contributed by atoms with Crippen LogP contribution in [0.4, 0.5) is 0 Å². The van der Waals surface area contributed by atoms with E-state index >= 15 is 0 Å². The fraction of sp³-hybridized carbons (Fsp3) is 0.154. The van der Waals surface area contributed by atoms with Crippen molar-refractivity contribution in [3.05, 3.63) is 52.5 Å². The number of rotatable bonds is 4. The Morgan fingerprint density at radius 1 is 1.35 bits per heavy atom. The van der Waals surface area contributed by atoms with Gasteiger partial charge in [0.15, 0.2) is 0 Å². The monoisotopic (exact) mass is 336 g/mol. The molecule has 7 heteroatoms. The van der Waals surface area contributed by atoms with Crippen LogP contribution in [-0.2, 0) is 11.2 Å². The Morgan fingerprint density at radius 2 is 2.20 bits per heavy atom. The van der Waals surface area contributed by atoms with Crippen LogP contribution in [0.3, 0.4) is 0 Å². The summed E-state index contributed by atoms with van der Waals surface area (Å²) < 4.78 is 0.769. The van der Waals surface area contributed by atoms with Crippen molar-refractivity contribution in [1.82, 2.24) is 20.8 Å². The summed E-state index contributed by atoms with van der Waals surface area (Å²) in [6.07, 6.45) is 5.88. The van der Waals surface area contributed by atoms with Crippen LogP contribution in [0.2, 0.25) is 0 Å². The first-order chi connectivity index (χ1) is 9.65. The number of H-pyrrole nitrogens is 1. The number of nitrogens with one attached hydrogen (secondary N) is 3. The molecule has 0 aromatic carbocycles. The molecule has 0 saturated heterocycles. The lowest BCUT2D eigenvalue weighted by atomic mass is 10.1. The molecule has 2 heterocycles. The first kappa shape index (κ1) is 14.3. The van der Waals surface area contributed by atoms with Gasteiger partial charge in [-0.15, -0.1) is 0 Å². The zero-order chi connectivity index (χ0) is 14.4. The Labute approximate surface area is 124 Å². The maximum absolute atomic E-state index is 11.6. The quantitative estimate of drug-likeness (QED) is 0.740. The summed E-state index contributed by atoms with van der Waals surface area (Å²) in [6, 6.07) is 5.34. The Hall–Kier alpha value is -2.15. The van der Waals surface area contributed by atoms with Crippen molar-refractivity contribution in [3.63, 3.8) is 0 Å². The SMILES string of the molecule is O=C(CCc1cccnc1)NNC(=O)c1cc(Br)c[nH]1. The Morgan fingerprint density at radius 3 is 2.85 bits per heavy atom. The van der Waals surface area contributed by atoms with Crippen molar-refractivity contribution in [2.75, 3.05) is 0 Å². The molecule has 0 fully saturated rings. The molecule has 2 amide bonds. The van der Waals surface area contributed by atoms with E-state index in [9.17, 15) is 9.59 Å². The molecule has 0 spiro atoms. The minimum atomic E-state index is -0.398. The smallest absolute Gasteiger partial charge is 0.286 e. The Balaban J connectivity index is 1.74. The van der Waals surface area contributed by atoms with Gasteiger partial charge in [-0.05, 0) is 40.0 Å². The molecule has 0 saturated carbocycles. The molecule has 2 rings (SSSR count). The number of amides is 2. The van der Waals surface area contributed by atoms with E-state index in [1.165, 1.54) is 0 Å². The van der Waals surface area contributed by atoms with Gasteiger partial charge in [0.1, 0.15) is 5.69 Å². The van der Waals surface area contributed by atoms with Crippen molar-refractivity contribution in [1.29, 1.82) is 0 Å². The summed E-state index contributed by atoms with van der Waals surface area (Å²) in [5.41, 5.74) is 6.05. The summed E-state index contributed by atoms with van der Waals surface area (Å²) in [4.78, 5) is 30.0. The molecular formula is C13H13BrN4O2. The van der Waals surface area contributed by atoms with Gasteiger partial charge in [-0.3, -0.25) is 25.4 Å². The summed E-state index contributed by atoms with van der Waals surface area (Å²) in [5, 5.41) is 0. The van der Waals surface area contributed by atoms with Gasteiger partial charge >= 0.3 is 0 Å². The second-order valence-corrected chi connectivity index (χ2v) is 5.01. The molecule has 6 nitrogen and oxygen atoms in total. The molecular weight excluding hydrogens is 324 g/mol. The molecule has 0 unspecified atom stereocenters. The first-order valence-corrected chi connectivity index (χ1v) is 6.76. The molecule has 3 N–H and O–H groups in total. The number of halogens is 1. The lowest BCUT2D eigenvalue weighted by Gasteiger charge is -2.06. The molecule has 2 aromatic heterocycles. The molecule has 0 aliphatic rings. The molecule has 0 bridgehead atoms. The summed E-state index contributed by atoms with van der Waals surface area (Å²) in [7, 11) is 0. The summed E-state index contributed by atoms with van der Waals surface area (Å²) in [5.74, 6) is -0.654. The maximum Gasteiger partial charge on any atom is 0.286 e. The highest BCUT2D eigenvalue weighted by Crippen LogP contribution is 2.09. The van der Waals surface area contributed by atoms with E-state index in [0.29, 0.717) is 12.1 Å². The van der Waals surface area contributed by atoms with Crippen LogP contribution in [0.5, 0.6) is 0 Å². The highest BCUT2D eigenvalue weighted by molar-refractivity contribution is 9.10. The van der Waals surface area contributed by atoms with Gasteiger partial charge in [0.05, 0.1) is 0 Å². The Bertz CT molecular complexity index is 597. The highest BCUT2D eigenvalue weighted by atomic mass is 79.9. The number of pyridine rings is 1. The number of aromatic nitrogens is 2. The van der Waals surface area contributed by atoms with E-state index in [0.717, 1.165) is 10.0 Å². The van der Waals surface area contributed by atoms with Crippen LogP contribution in [0, 0.1) is 0 Å². The molecule has 0 radical (unpaired) electrons. The van der Waals surface area contributed by atoms with E-state index in [1.54, 1.807) is 24.7 Å². The third-order valence-electron chi connectivity index (χ3n) is 2.57. The molecule has 104 valence electrons. The van der Waals surface area contributed by atoms with Gasteiger partial charge in [-0.2, -0.15) is 0 Å². The second-order valence-electron chi connectivity index (χ2n) is 4.10. The average molecular weight is 337 g/mol. The van der Waals surface area contributed by atoms with E-state index in [-0.39, 0.29) is 12.3 Å². The molecule has 0 aliphatic carbocycles. The Kier molecular flexibility index (Phi) is 4.89. The standard InChI is InChI=1S/C13H13BrN4O2/c14-10-6-11(16-8-10)13(20)18-17-12(19)4-3-9-2-1-5-15-7-9/h1-2,5-8,16H,3-4H2,(H,17,19)(H,18,20). The van der Waals surface area contributed by atoms with Crippen LogP contribution in [0.15, 0.2) is 41.3 Å². The van der Waals surface area contributed by atoms with Crippen LogP contribution in [0.25, 0.3) is 0 Å². The molecule has 0 atom stereocenters. The van der Waals surface area contributed by atoms with Gasteiger partial charge in [0.25, 0.3) is 5.91 Å². The number of aromatic amines is 1. The van der Waals surface area contributed by atoms with Crippen molar-refractivity contribution in [2.45, 2.75) is 12.8 Å². The predicted octanol–water partition coefficient (Wildman–Crippen LogP) is 1.57. The van der Waals surface area contributed by atoms with Crippen molar-refractivity contribution < 1.29 is 9.59 Å². The first-order valence-electron chi connectivity index (χ1n) is 5.97. The van der Waals surface area contributed by atoms with Crippen LogP contribution < -0.4 is 10.9 Å². The van der Waals surface area contributed by atoms with Gasteiger partial charge in [-0.1, -0.05) is 6.07 Å². The van der Waals surface area contributed by atoms with E-state index in [4.69, 9.17) is 0 Å². The van der Waals surface area contributed by atoms with Crippen LogP contribution in [-0.4, -0.2) is 21.8 Å². The van der Waals surface area contributed by atoms with Crippen LogP contribution in [0.1, 0.15) is 22.5 Å².